The van der Waals surface area contributed by atoms with E-state index in [0.29, 0.717) is 36.3 Å². The average molecular weight is 447 g/mol. The molecule has 0 bridgehead atoms. The Bertz CT molecular complexity index is 1140. The molecule has 158 valence electrons. The van der Waals surface area contributed by atoms with Crippen molar-refractivity contribution in [3.8, 4) is 5.75 Å². The maximum atomic E-state index is 13.1. The fourth-order valence-corrected chi connectivity index (χ4v) is 5.53. The molecule has 3 aromatic rings. The molecular formula is C20H22N4O4S2. The van der Waals surface area contributed by atoms with Crippen molar-refractivity contribution in [3.63, 3.8) is 0 Å². The van der Waals surface area contributed by atoms with Crippen LogP contribution in [0.25, 0.3) is 11.0 Å². The molecule has 1 aromatic heterocycles. The Morgan fingerprint density at radius 1 is 1.07 bits per heavy atom. The van der Waals surface area contributed by atoms with E-state index in [0.717, 1.165) is 23.9 Å². The van der Waals surface area contributed by atoms with Gasteiger partial charge in [0.15, 0.2) is 0 Å². The summed E-state index contributed by atoms with van der Waals surface area (Å²) >= 11 is 0.992. The van der Waals surface area contributed by atoms with Gasteiger partial charge in [-0.1, -0.05) is 13.0 Å². The molecule has 0 atom stereocenters. The summed E-state index contributed by atoms with van der Waals surface area (Å²) in [5, 5.41) is 0. The van der Waals surface area contributed by atoms with Gasteiger partial charge in [-0.3, -0.25) is 4.79 Å². The van der Waals surface area contributed by atoms with Crippen molar-refractivity contribution in [2.24, 2.45) is 0 Å². The lowest BCUT2D eigenvalue weighted by molar-refractivity contribution is 0.0698. The third kappa shape index (κ3) is 4.03. The maximum absolute atomic E-state index is 13.1. The minimum atomic E-state index is -3.70. The number of amides is 1. The van der Waals surface area contributed by atoms with Gasteiger partial charge < -0.3 is 9.64 Å². The van der Waals surface area contributed by atoms with Crippen LogP contribution < -0.4 is 4.74 Å². The van der Waals surface area contributed by atoms with E-state index in [1.165, 1.54) is 4.31 Å². The van der Waals surface area contributed by atoms with Crippen molar-refractivity contribution in [1.82, 2.24) is 18.0 Å². The molecule has 0 N–H and O–H groups in total. The lowest BCUT2D eigenvalue weighted by Gasteiger charge is -2.34. The normalized spacial score (nSPS) is 15.4. The number of nitrogens with zero attached hydrogens (tertiary/aromatic N) is 4. The number of rotatable bonds is 6. The first kappa shape index (κ1) is 20.7. The number of piperazine rings is 1. The van der Waals surface area contributed by atoms with Gasteiger partial charge in [-0.15, -0.1) is 0 Å². The van der Waals surface area contributed by atoms with Gasteiger partial charge in [0, 0.05) is 31.7 Å². The molecule has 0 unspecified atom stereocenters. The Morgan fingerprint density at radius 3 is 2.50 bits per heavy atom. The number of carbonyl (C=O) groups is 1. The van der Waals surface area contributed by atoms with Crippen molar-refractivity contribution in [1.29, 1.82) is 0 Å². The lowest BCUT2D eigenvalue weighted by Crippen LogP contribution is -2.50. The first-order valence-corrected chi connectivity index (χ1v) is 11.9. The molecule has 1 fully saturated rings. The predicted molar refractivity (Wildman–Crippen MR) is 114 cm³/mol. The zero-order valence-electron chi connectivity index (χ0n) is 16.5. The number of fused-ring (bicyclic) bond motifs is 1. The third-order valence-corrected chi connectivity index (χ3v) is 7.44. The first-order valence-electron chi connectivity index (χ1n) is 9.74. The highest BCUT2D eigenvalue weighted by atomic mass is 32.2. The second-order valence-electron chi connectivity index (χ2n) is 6.96. The van der Waals surface area contributed by atoms with E-state index in [1.807, 2.05) is 6.92 Å². The topological polar surface area (TPSA) is 92.7 Å². The summed E-state index contributed by atoms with van der Waals surface area (Å²) < 4.78 is 41.4. The van der Waals surface area contributed by atoms with E-state index in [4.69, 9.17) is 4.74 Å². The summed E-state index contributed by atoms with van der Waals surface area (Å²) in [5.41, 5.74) is 1.53. The summed E-state index contributed by atoms with van der Waals surface area (Å²) in [4.78, 5) is 14.6. The van der Waals surface area contributed by atoms with Crippen LogP contribution >= 0.6 is 11.7 Å². The minimum absolute atomic E-state index is 0.111. The molecule has 1 aliphatic heterocycles. The molecule has 4 rings (SSSR count). The highest BCUT2D eigenvalue weighted by molar-refractivity contribution is 7.89. The van der Waals surface area contributed by atoms with Crippen LogP contribution in [-0.2, 0) is 10.0 Å². The van der Waals surface area contributed by atoms with Crippen LogP contribution in [0.5, 0.6) is 5.75 Å². The van der Waals surface area contributed by atoms with Gasteiger partial charge in [0.25, 0.3) is 5.91 Å². The minimum Gasteiger partial charge on any atom is -0.494 e. The van der Waals surface area contributed by atoms with Gasteiger partial charge >= 0.3 is 0 Å². The zero-order chi connectivity index (χ0) is 21.1. The molecule has 10 heteroatoms. The molecule has 0 aliphatic carbocycles. The second kappa shape index (κ2) is 8.66. The summed E-state index contributed by atoms with van der Waals surface area (Å²) in [6.07, 6.45) is 0.918. The van der Waals surface area contributed by atoms with Crippen molar-refractivity contribution in [2.45, 2.75) is 18.2 Å². The van der Waals surface area contributed by atoms with Crippen molar-refractivity contribution in [3.05, 3.63) is 48.0 Å². The summed E-state index contributed by atoms with van der Waals surface area (Å²) in [6, 6.07) is 12.0. The average Bonchev–Trinajstić information content (AvgIpc) is 3.26. The van der Waals surface area contributed by atoms with Crippen LogP contribution in [0.3, 0.4) is 0 Å². The fourth-order valence-electron chi connectivity index (χ4n) is 3.36. The Hall–Kier alpha value is -2.56. The van der Waals surface area contributed by atoms with Crippen LogP contribution in [0.2, 0.25) is 0 Å². The Morgan fingerprint density at radius 2 is 1.80 bits per heavy atom. The van der Waals surface area contributed by atoms with Gasteiger partial charge in [-0.25, -0.2) is 8.42 Å². The van der Waals surface area contributed by atoms with E-state index in [1.54, 1.807) is 47.4 Å². The predicted octanol–water partition coefficient (Wildman–Crippen LogP) is 2.63. The number of aromatic nitrogens is 2. The number of hydrogen-bond acceptors (Lipinski definition) is 7. The number of hydrogen-bond donors (Lipinski definition) is 0. The molecular weight excluding hydrogens is 424 g/mol. The van der Waals surface area contributed by atoms with Gasteiger partial charge in [-0.05, 0) is 42.8 Å². The molecule has 2 heterocycles. The second-order valence-corrected chi connectivity index (χ2v) is 9.39. The molecule has 1 amide bonds. The molecule has 30 heavy (non-hydrogen) atoms. The molecule has 1 aliphatic rings. The Kier molecular flexibility index (Phi) is 5.98. The van der Waals surface area contributed by atoms with Crippen molar-refractivity contribution in [2.75, 3.05) is 32.8 Å². The SMILES string of the molecule is CCCOc1ccc(C(=O)N2CCN(S(=O)(=O)c3cccc4nsnc34)CC2)cc1. The molecule has 1 saturated heterocycles. The van der Waals surface area contributed by atoms with Gasteiger partial charge in [0.05, 0.1) is 18.3 Å². The molecule has 8 nitrogen and oxygen atoms in total. The molecule has 0 saturated carbocycles. The van der Waals surface area contributed by atoms with Gasteiger partial charge in [-0.2, -0.15) is 13.1 Å². The van der Waals surface area contributed by atoms with E-state index in [9.17, 15) is 13.2 Å². The molecule has 0 radical (unpaired) electrons. The molecule has 2 aromatic carbocycles. The maximum Gasteiger partial charge on any atom is 0.253 e. The van der Waals surface area contributed by atoms with Crippen molar-refractivity contribution >= 4 is 38.7 Å². The number of sulfonamides is 1. The smallest absolute Gasteiger partial charge is 0.253 e. The van der Waals surface area contributed by atoms with Crippen LogP contribution in [0.4, 0.5) is 0 Å². The van der Waals surface area contributed by atoms with Crippen molar-refractivity contribution < 1.29 is 17.9 Å². The highest BCUT2D eigenvalue weighted by Crippen LogP contribution is 2.25. The Labute approximate surface area is 179 Å². The summed E-state index contributed by atoms with van der Waals surface area (Å²) in [6.45, 7) is 3.80. The standard InChI is InChI=1S/C20H22N4O4S2/c1-2-14-28-16-8-6-15(7-9-16)20(25)23-10-12-24(13-11-23)30(26,27)18-5-3-4-17-19(18)22-29-21-17/h3-9H,2,10-14H2,1H3. The zero-order valence-corrected chi connectivity index (χ0v) is 18.2. The fraction of sp³-hybridized carbons (Fsp3) is 0.350. The summed E-state index contributed by atoms with van der Waals surface area (Å²) in [7, 11) is -3.70. The first-order chi connectivity index (χ1) is 14.5. The van der Waals surface area contributed by atoms with E-state index < -0.39 is 10.0 Å². The number of ether oxygens (including phenoxy) is 1. The van der Waals surface area contributed by atoms with Crippen LogP contribution in [-0.4, -0.2) is 65.1 Å². The monoisotopic (exact) mass is 446 g/mol. The van der Waals surface area contributed by atoms with E-state index in [2.05, 4.69) is 8.75 Å². The van der Waals surface area contributed by atoms with Crippen LogP contribution in [0.1, 0.15) is 23.7 Å². The Balaban J connectivity index is 1.43. The van der Waals surface area contributed by atoms with Crippen LogP contribution in [0, 0.1) is 0 Å². The number of carbonyl (C=O) groups excluding carboxylic acids is 1. The van der Waals surface area contributed by atoms with Crippen LogP contribution in [0.15, 0.2) is 47.4 Å². The number of benzene rings is 2. The molecule has 0 spiro atoms. The lowest BCUT2D eigenvalue weighted by atomic mass is 10.2. The third-order valence-electron chi connectivity index (χ3n) is 4.97. The van der Waals surface area contributed by atoms with Gasteiger partial charge in [0.2, 0.25) is 10.0 Å². The summed E-state index contributed by atoms with van der Waals surface area (Å²) in [5.74, 6) is 0.620. The van der Waals surface area contributed by atoms with Gasteiger partial charge in [0.1, 0.15) is 21.7 Å². The highest BCUT2D eigenvalue weighted by Gasteiger charge is 2.32. The largest absolute Gasteiger partial charge is 0.494 e. The van der Waals surface area contributed by atoms with E-state index in [-0.39, 0.29) is 23.9 Å². The quantitative estimate of drug-likeness (QED) is 0.578. The van der Waals surface area contributed by atoms with E-state index >= 15 is 0 Å².